The number of carbonyl (C=O) groups is 1. The SMILES string of the molecule is CC(C)NC(=O)CN1CCCN(c2ncccn2)CC1. The molecule has 0 spiro atoms. The van der Waals surface area contributed by atoms with E-state index in [2.05, 4.69) is 25.1 Å². The molecule has 0 bridgehead atoms. The monoisotopic (exact) mass is 277 g/mol. The van der Waals surface area contributed by atoms with Crippen LogP contribution in [0.1, 0.15) is 20.3 Å². The lowest BCUT2D eigenvalue weighted by molar-refractivity contribution is -0.122. The van der Waals surface area contributed by atoms with Gasteiger partial charge in [-0.25, -0.2) is 9.97 Å². The number of amides is 1. The fourth-order valence-corrected chi connectivity index (χ4v) is 2.35. The van der Waals surface area contributed by atoms with E-state index in [-0.39, 0.29) is 11.9 Å². The van der Waals surface area contributed by atoms with Crippen molar-refractivity contribution in [3.05, 3.63) is 18.5 Å². The standard InChI is InChI=1S/C14H23N5O/c1-12(2)17-13(20)11-18-7-4-8-19(10-9-18)14-15-5-3-6-16-14/h3,5-6,12H,4,7-11H2,1-2H3,(H,17,20). The number of hydrogen-bond donors (Lipinski definition) is 1. The Kier molecular flexibility index (Phi) is 5.29. The first kappa shape index (κ1) is 14.7. The van der Waals surface area contributed by atoms with E-state index in [0.29, 0.717) is 6.54 Å². The summed E-state index contributed by atoms with van der Waals surface area (Å²) < 4.78 is 0. The summed E-state index contributed by atoms with van der Waals surface area (Å²) >= 11 is 0. The van der Waals surface area contributed by atoms with Gasteiger partial charge in [0.25, 0.3) is 0 Å². The predicted molar refractivity (Wildman–Crippen MR) is 78.6 cm³/mol. The van der Waals surface area contributed by atoms with Crippen molar-refractivity contribution in [1.29, 1.82) is 0 Å². The zero-order valence-corrected chi connectivity index (χ0v) is 12.2. The lowest BCUT2D eigenvalue weighted by Crippen LogP contribution is -2.41. The summed E-state index contributed by atoms with van der Waals surface area (Å²) in [7, 11) is 0. The lowest BCUT2D eigenvalue weighted by Gasteiger charge is -2.21. The van der Waals surface area contributed by atoms with Gasteiger partial charge in [-0.2, -0.15) is 0 Å². The third kappa shape index (κ3) is 4.45. The Morgan fingerprint density at radius 1 is 1.25 bits per heavy atom. The second kappa shape index (κ2) is 7.19. The first-order valence-electron chi connectivity index (χ1n) is 7.19. The van der Waals surface area contributed by atoms with Gasteiger partial charge in [0.2, 0.25) is 11.9 Å². The highest BCUT2D eigenvalue weighted by molar-refractivity contribution is 5.78. The Morgan fingerprint density at radius 3 is 2.70 bits per heavy atom. The molecule has 0 aromatic carbocycles. The van der Waals surface area contributed by atoms with Crippen LogP contribution < -0.4 is 10.2 Å². The van der Waals surface area contributed by atoms with E-state index in [1.807, 2.05) is 19.9 Å². The van der Waals surface area contributed by atoms with Crippen LogP contribution in [0.3, 0.4) is 0 Å². The summed E-state index contributed by atoms with van der Waals surface area (Å²) in [6.45, 7) is 8.04. The zero-order valence-electron chi connectivity index (χ0n) is 12.2. The van der Waals surface area contributed by atoms with E-state index in [9.17, 15) is 4.79 Å². The summed E-state index contributed by atoms with van der Waals surface area (Å²) in [6.07, 6.45) is 4.55. The highest BCUT2D eigenvalue weighted by Gasteiger charge is 2.18. The third-order valence-corrected chi connectivity index (χ3v) is 3.24. The molecular weight excluding hydrogens is 254 g/mol. The number of aromatic nitrogens is 2. The third-order valence-electron chi connectivity index (χ3n) is 3.24. The highest BCUT2D eigenvalue weighted by atomic mass is 16.2. The molecule has 20 heavy (non-hydrogen) atoms. The zero-order chi connectivity index (χ0) is 14.4. The van der Waals surface area contributed by atoms with Crippen LogP contribution in [0.4, 0.5) is 5.95 Å². The van der Waals surface area contributed by atoms with Crippen LogP contribution in [0, 0.1) is 0 Å². The van der Waals surface area contributed by atoms with Gasteiger partial charge in [-0.3, -0.25) is 9.69 Å². The second-order valence-corrected chi connectivity index (χ2v) is 5.39. The van der Waals surface area contributed by atoms with E-state index < -0.39 is 0 Å². The Balaban J connectivity index is 1.85. The molecular formula is C14H23N5O. The Bertz CT molecular complexity index is 423. The molecule has 1 N–H and O–H groups in total. The highest BCUT2D eigenvalue weighted by Crippen LogP contribution is 2.09. The van der Waals surface area contributed by atoms with Crippen LogP contribution in [0.15, 0.2) is 18.5 Å². The molecule has 1 aromatic rings. The number of rotatable bonds is 4. The molecule has 1 aliphatic heterocycles. The van der Waals surface area contributed by atoms with Gasteiger partial charge in [0, 0.05) is 44.6 Å². The van der Waals surface area contributed by atoms with Gasteiger partial charge in [0.15, 0.2) is 0 Å². The topological polar surface area (TPSA) is 61.4 Å². The molecule has 2 rings (SSSR count). The second-order valence-electron chi connectivity index (χ2n) is 5.39. The average molecular weight is 277 g/mol. The molecule has 2 heterocycles. The first-order valence-corrected chi connectivity index (χ1v) is 7.19. The maximum atomic E-state index is 11.8. The minimum absolute atomic E-state index is 0.101. The maximum absolute atomic E-state index is 11.8. The quantitative estimate of drug-likeness (QED) is 0.869. The number of nitrogens with zero attached hydrogens (tertiary/aromatic N) is 4. The van der Waals surface area contributed by atoms with Crippen molar-refractivity contribution in [1.82, 2.24) is 20.2 Å². The summed E-state index contributed by atoms with van der Waals surface area (Å²) in [4.78, 5) is 24.7. The summed E-state index contributed by atoms with van der Waals surface area (Å²) in [5.41, 5.74) is 0. The minimum atomic E-state index is 0.101. The Labute approximate surface area is 120 Å². The van der Waals surface area contributed by atoms with E-state index in [1.54, 1.807) is 12.4 Å². The van der Waals surface area contributed by atoms with Crippen molar-refractivity contribution in [2.75, 3.05) is 37.6 Å². The molecule has 1 saturated heterocycles. The van der Waals surface area contributed by atoms with Crippen molar-refractivity contribution in [3.63, 3.8) is 0 Å². The molecule has 0 aliphatic carbocycles. The predicted octanol–water partition coefficient (Wildman–Crippen LogP) is 0.513. The van der Waals surface area contributed by atoms with Gasteiger partial charge in [-0.15, -0.1) is 0 Å². The van der Waals surface area contributed by atoms with Crippen molar-refractivity contribution >= 4 is 11.9 Å². The van der Waals surface area contributed by atoms with Crippen LogP contribution in [0.5, 0.6) is 0 Å². The van der Waals surface area contributed by atoms with Gasteiger partial charge in [0.1, 0.15) is 0 Å². The van der Waals surface area contributed by atoms with E-state index in [0.717, 1.165) is 38.5 Å². The number of anilines is 1. The Morgan fingerprint density at radius 2 is 2.00 bits per heavy atom. The Hall–Kier alpha value is -1.69. The molecule has 0 unspecified atom stereocenters. The largest absolute Gasteiger partial charge is 0.353 e. The normalized spacial score (nSPS) is 17.1. The molecule has 1 fully saturated rings. The fraction of sp³-hybridized carbons (Fsp3) is 0.643. The van der Waals surface area contributed by atoms with Crippen LogP contribution in [0.25, 0.3) is 0 Å². The van der Waals surface area contributed by atoms with Crippen molar-refractivity contribution in [3.8, 4) is 0 Å². The number of hydrogen-bond acceptors (Lipinski definition) is 5. The average Bonchev–Trinajstić information content (AvgIpc) is 2.64. The van der Waals surface area contributed by atoms with Crippen molar-refractivity contribution in [2.24, 2.45) is 0 Å². The molecule has 1 amide bonds. The molecule has 110 valence electrons. The van der Waals surface area contributed by atoms with Crippen LogP contribution in [0.2, 0.25) is 0 Å². The summed E-state index contributed by atoms with van der Waals surface area (Å²) in [5.74, 6) is 0.880. The molecule has 6 heteroatoms. The van der Waals surface area contributed by atoms with Gasteiger partial charge in [0.05, 0.1) is 6.54 Å². The van der Waals surface area contributed by atoms with E-state index in [4.69, 9.17) is 0 Å². The molecule has 1 aliphatic rings. The molecule has 6 nitrogen and oxygen atoms in total. The number of carbonyl (C=O) groups excluding carboxylic acids is 1. The smallest absolute Gasteiger partial charge is 0.234 e. The first-order chi connectivity index (χ1) is 9.65. The van der Waals surface area contributed by atoms with E-state index in [1.165, 1.54) is 0 Å². The van der Waals surface area contributed by atoms with Gasteiger partial charge in [-0.05, 0) is 26.3 Å². The number of nitrogens with one attached hydrogen (secondary N) is 1. The van der Waals surface area contributed by atoms with Crippen LogP contribution in [-0.4, -0.2) is 59.5 Å². The molecule has 0 atom stereocenters. The van der Waals surface area contributed by atoms with Gasteiger partial charge >= 0.3 is 0 Å². The van der Waals surface area contributed by atoms with Crippen LogP contribution >= 0.6 is 0 Å². The summed E-state index contributed by atoms with van der Waals surface area (Å²) in [6, 6.07) is 2.02. The van der Waals surface area contributed by atoms with Crippen molar-refractivity contribution in [2.45, 2.75) is 26.3 Å². The molecule has 0 radical (unpaired) electrons. The molecule has 1 aromatic heterocycles. The molecule has 0 saturated carbocycles. The summed E-state index contributed by atoms with van der Waals surface area (Å²) in [5, 5.41) is 2.93. The maximum Gasteiger partial charge on any atom is 0.234 e. The van der Waals surface area contributed by atoms with Gasteiger partial charge < -0.3 is 10.2 Å². The van der Waals surface area contributed by atoms with Crippen molar-refractivity contribution < 1.29 is 4.79 Å². The van der Waals surface area contributed by atoms with Gasteiger partial charge in [-0.1, -0.05) is 0 Å². The van der Waals surface area contributed by atoms with E-state index >= 15 is 0 Å². The fourth-order valence-electron chi connectivity index (χ4n) is 2.35. The lowest BCUT2D eigenvalue weighted by atomic mass is 10.3. The van der Waals surface area contributed by atoms with Crippen LogP contribution in [-0.2, 0) is 4.79 Å². The minimum Gasteiger partial charge on any atom is -0.353 e.